The summed E-state index contributed by atoms with van der Waals surface area (Å²) in [6, 6.07) is 1.88. The van der Waals surface area contributed by atoms with Gasteiger partial charge in [0.1, 0.15) is 12.2 Å². The second-order valence-corrected chi connectivity index (χ2v) is 3.32. The van der Waals surface area contributed by atoms with Crippen molar-refractivity contribution in [1.82, 2.24) is 0 Å². The van der Waals surface area contributed by atoms with E-state index in [1.54, 1.807) is 0 Å². The Balaban J connectivity index is 2.76. The maximum absolute atomic E-state index is 9.25. The third-order valence-corrected chi connectivity index (χ3v) is 2.25. The summed E-state index contributed by atoms with van der Waals surface area (Å²) in [4.78, 5) is 0. The van der Waals surface area contributed by atoms with Crippen molar-refractivity contribution in [3.63, 3.8) is 0 Å². The van der Waals surface area contributed by atoms with Crippen LogP contribution in [0.3, 0.4) is 0 Å². The number of nitrogens with zero attached hydrogens (tertiary/aromatic N) is 1. The van der Waals surface area contributed by atoms with Gasteiger partial charge in [0.2, 0.25) is 0 Å². The van der Waals surface area contributed by atoms with Crippen LogP contribution in [0.4, 0.5) is 0 Å². The van der Waals surface area contributed by atoms with Crippen LogP contribution in [0.1, 0.15) is 0 Å². The Bertz CT molecular complexity index is 235. The first-order valence-electron chi connectivity index (χ1n) is 3.40. The lowest BCUT2D eigenvalue weighted by Crippen LogP contribution is -2.38. The summed E-state index contributed by atoms with van der Waals surface area (Å²) in [6.45, 7) is -0.296. The summed E-state index contributed by atoms with van der Waals surface area (Å²) < 4.78 is 5.54. The van der Waals surface area contributed by atoms with Gasteiger partial charge in [0, 0.05) is 4.48 Å². The average Bonchev–Trinajstić information content (AvgIpc) is 2.05. The fraction of sp³-hybridized carbons (Fsp3) is 0.571. The molecule has 3 atom stereocenters. The lowest BCUT2D eigenvalue weighted by molar-refractivity contribution is -0.0646. The van der Waals surface area contributed by atoms with Crippen LogP contribution in [0.2, 0.25) is 0 Å². The lowest BCUT2D eigenvalue weighted by Gasteiger charge is -2.26. The third kappa shape index (κ3) is 1.84. The number of aliphatic hydroxyl groups excluding tert-OH is 2. The van der Waals surface area contributed by atoms with E-state index in [4.69, 9.17) is 15.1 Å². The Morgan fingerprint density at radius 1 is 1.75 bits per heavy atom. The standard InChI is InChI=1S/C7H8BrNO3/c8-4-1-5(11)7(3-10)12-6(4)2-9/h1,5-7,10-11H,3H2/t5-,6+,7+/m0/s1. The predicted octanol–water partition coefficient (Wildman–Crippen LogP) is -0.0906. The van der Waals surface area contributed by atoms with Crippen LogP contribution in [0.5, 0.6) is 0 Å². The van der Waals surface area contributed by atoms with Crippen molar-refractivity contribution in [2.24, 2.45) is 0 Å². The van der Waals surface area contributed by atoms with Crippen LogP contribution in [-0.4, -0.2) is 35.1 Å². The van der Waals surface area contributed by atoms with Gasteiger partial charge in [-0.2, -0.15) is 5.26 Å². The van der Waals surface area contributed by atoms with E-state index in [2.05, 4.69) is 15.9 Å². The molecule has 4 nitrogen and oxygen atoms in total. The molecule has 0 aromatic heterocycles. The van der Waals surface area contributed by atoms with Crippen molar-refractivity contribution >= 4 is 15.9 Å². The van der Waals surface area contributed by atoms with Crippen molar-refractivity contribution in [3.8, 4) is 6.07 Å². The molecule has 0 aromatic rings. The van der Waals surface area contributed by atoms with E-state index < -0.39 is 18.3 Å². The number of rotatable bonds is 1. The van der Waals surface area contributed by atoms with E-state index in [0.29, 0.717) is 4.48 Å². The summed E-state index contributed by atoms with van der Waals surface area (Å²) in [6.07, 6.45) is -0.811. The SMILES string of the molecule is N#C[C@H]1O[C@H](CO)[C@@H](O)C=C1Br. The third-order valence-electron chi connectivity index (χ3n) is 1.57. The number of aliphatic hydroxyl groups is 2. The number of nitriles is 1. The van der Waals surface area contributed by atoms with E-state index in [1.165, 1.54) is 6.08 Å². The summed E-state index contributed by atoms with van der Waals surface area (Å²) in [5.74, 6) is 0. The number of halogens is 1. The minimum absolute atomic E-state index is 0.296. The largest absolute Gasteiger partial charge is 0.394 e. The highest BCUT2D eigenvalue weighted by Crippen LogP contribution is 2.23. The van der Waals surface area contributed by atoms with Gasteiger partial charge in [-0.1, -0.05) is 15.9 Å². The first-order valence-corrected chi connectivity index (χ1v) is 4.19. The topological polar surface area (TPSA) is 73.5 Å². The summed E-state index contributed by atoms with van der Waals surface area (Å²) in [5.41, 5.74) is 0. The number of ether oxygens (including phenoxy) is 1. The van der Waals surface area contributed by atoms with Gasteiger partial charge in [0.15, 0.2) is 6.10 Å². The van der Waals surface area contributed by atoms with E-state index in [1.807, 2.05) is 6.07 Å². The van der Waals surface area contributed by atoms with Gasteiger partial charge in [0.25, 0.3) is 0 Å². The van der Waals surface area contributed by atoms with Gasteiger partial charge in [-0.15, -0.1) is 0 Å². The molecule has 0 saturated heterocycles. The molecule has 12 heavy (non-hydrogen) atoms. The van der Waals surface area contributed by atoms with Crippen LogP contribution in [0, 0.1) is 11.3 Å². The van der Waals surface area contributed by atoms with E-state index >= 15 is 0 Å². The summed E-state index contributed by atoms with van der Waals surface area (Å²) in [5, 5.41) is 26.5. The Morgan fingerprint density at radius 3 is 2.92 bits per heavy atom. The second-order valence-electron chi connectivity index (χ2n) is 2.41. The van der Waals surface area contributed by atoms with Crippen molar-refractivity contribution in [1.29, 1.82) is 5.26 Å². The molecule has 0 radical (unpaired) electrons. The lowest BCUT2D eigenvalue weighted by atomic mass is 10.1. The van der Waals surface area contributed by atoms with E-state index in [-0.39, 0.29) is 6.61 Å². The molecular weight excluding hydrogens is 226 g/mol. The quantitative estimate of drug-likeness (QED) is 0.664. The first-order chi connectivity index (χ1) is 5.69. The zero-order valence-electron chi connectivity index (χ0n) is 6.14. The average molecular weight is 234 g/mol. The molecular formula is C7H8BrNO3. The number of hydrogen-bond donors (Lipinski definition) is 2. The fourth-order valence-electron chi connectivity index (χ4n) is 0.921. The van der Waals surface area contributed by atoms with Crippen LogP contribution >= 0.6 is 15.9 Å². The molecule has 1 heterocycles. The van der Waals surface area contributed by atoms with Crippen LogP contribution in [0.25, 0.3) is 0 Å². The Morgan fingerprint density at radius 2 is 2.42 bits per heavy atom. The molecule has 66 valence electrons. The molecule has 0 bridgehead atoms. The zero-order chi connectivity index (χ0) is 9.14. The summed E-state index contributed by atoms with van der Waals surface area (Å²) in [7, 11) is 0. The molecule has 1 aliphatic heterocycles. The molecule has 5 heteroatoms. The minimum atomic E-state index is -0.853. The molecule has 1 rings (SSSR count). The Hall–Kier alpha value is -0.410. The fourth-order valence-corrected chi connectivity index (χ4v) is 1.40. The van der Waals surface area contributed by atoms with Crippen LogP contribution in [0.15, 0.2) is 10.6 Å². The molecule has 0 fully saturated rings. The molecule has 0 saturated carbocycles. The molecule has 0 unspecified atom stereocenters. The van der Waals surface area contributed by atoms with Gasteiger partial charge in [-0.3, -0.25) is 0 Å². The maximum Gasteiger partial charge on any atom is 0.175 e. The first kappa shape index (κ1) is 9.68. The predicted molar refractivity (Wildman–Crippen MR) is 44.4 cm³/mol. The van der Waals surface area contributed by atoms with Crippen molar-refractivity contribution in [3.05, 3.63) is 10.6 Å². The van der Waals surface area contributed by atoms with Gasteiger partial charge >= 0.3 is 0 Å². The van der Waals surface area contributed by atoms with Crippen LogP contribution in [-0.2, 0) is 4.74 Å². The highest BCUT2D eigenvalue weighted by molar-refractivity contribution is 9.11. The normalized spacial score (nSPS) is 35.5. The molecule has 0 spiro atoms. The minimum Gasteiger partial charge on any atom is -0.394 e. The number of hydrogen-bond acceptors (Lipinski definition) is 4. The van der Waals surface area contributed by atoms with E-state index in [0.717, 1.165) is 0 Å². The van der Waals surface area contributed by atoms with Gasteiger partial charge in [0.05, 0.1) is 12.7 Å². The smallest absolute Gasteiger partial charge is 0.175 e. The summed E-state index contributed by atoms with van der Waals surface area (Å²) >= 11 is 3.08. The van der Waals surface area contributed by atoms with Crippen molar-refractivity contribution in [2.45, 2.75) is 18.3 Å². The molecule has 2 N–H and O–H groups in total. The second kappa shape index (κ2) is 4.01. The van der Waals surface area contributed by atoms with Crippen LogP contribution < -0.4 is 0 Å². The van der Waals surface area contributed by atoms with Gasteiger partial charge in [-0.25, -0.2) is 0 Å². The molecule has 0 aliphatic carbocycles. The molecule has 0 aromatic carbocycles. The highest BCUT2D eigenvalue weighted by Gasteiger charge is 2.28. The zero-order valence-corrected chi connectivity index (χ0v) is 7.73. The van der Waals surface area contributed by atoms with Gasteiger partial charge in [-0.05, 0) is 6.08 Å². The van der Waals surface area contributed by atoms with Crippen molar-refractivity contribution in [2.75, 3.05) is 6.61 Å². The highest BCUT2D eigenvalue weighted by atomic mass is 79.9. The van der Waals surface area contributed by atoms with Crippen molar-refractivity contribution < 1.29 is 14.9 Å². The van der Waals surface area contributed by atoms with Gasteiger partial charge < -0.3 is 14.9 Å². The Kier molecular flexibility index (Phi) is 3.23. The molecule has 1 aliphatic rings. The van der Waals surface area contributed by atoms with E-state index in [9.17, 15) is 5.11 Å². The molecule has 0 amide bonds. The maximum atomic E-state index is 9.25. The Labute approximate surface area is 78.2 Å². The monoisotopic (exact) mass is 233 g/mol.